The number of amides is 1. The average Bonchev–Trinajstić information content (AvgIpc) is 3.26. The van der Waals surface area contributed by atoms with Gasteiger partial charge in [-0.25, -0.2) is 9.97 Å². The molecular formula is C23H29N5O2S. The molecule has 0 aliphatic carbocycles. The van der Waals surface area contributed by atoms with Crippen LogP contribution in [0.1, 0.15) is 19.4 Å². The minimum atomic E-state index is -0.259. The summed E-state index contributed by atoms with van der Waals surface area (Å²) in [6, 6.07) is 11.9. The molecule has 0 bridgehead atoms. The van der Waals surface area contributed by atoms with Gasteiger partial charge in [-0.15, -0.1) is 11.8 Å². The maximum atomic E-state index is 13.0. The Morgan fingerprint density at radius 1 is 1.16 bits per heavy atom. The number of rotatable bonds is 7. The molecule has 1 saturated heterocycles. The maximum Gasteiger partial charge on any atom is 0.248 e. The van der Waals surface area contributed by atoms with Gasteiger partial charge in [0, 0.05) is 44.4 Å². The highest BCUT2D eigenvalue weighted by Gasteiger charge is 2.31. The topological polar surface area (TPSA) is 70.9 Å². The molecule has 7 nitrogen and oxygen atoms in total. The van der Waals surface area contributed by atoms with E-state index in [1.807, 2.05) is 29.2 Å². The number of piperazine rings is 1. The minimum absolute atomic E-state index is 0.138. The third-order valence-corrected chi connectivity index (χ3v) is 6.36. The Morgan fingerprint density at radius 2 is 1.94 bits per heavy atom. The molecule has 31 heavy (non-hydrogen) atoms. The lowest BCUT2D eigenvalue weighted by atomic mass is 10.2. The molecule has 164 valence electrons. The van der Waals surface area contributed by atoms with Crippen LogP contribution in [0.15, 0.2) is 47.7 Å². The summed E-state index contributed by atoms with van der Waals surface area (Å²) in [5.41, 5.74) is 1.23. The van der Waals surface area contributed by atoms with Crippen molar-refractivity contribution in [2.24, 2.45) is 10.9 Å². The number of carbonyl (C=O) groups is 1. The maximum absolute atomic E-state index is 13.0. The molecule has 1 unspecified atom stereocenters. The summed E-state index contributed by atoms with van der Waals surface area (Å²) in [4.78, 5) is 30.4. The van der Waals surface area contributed by atoms with Crippen molar-refractivity contribution in [3.8, 4) is 5.88 Å². The third kappa shape index (κ3) is 5.76. The third-order valence-electron chi connectivity index (χ3n) is 5.30. The molecule has 1 aromatic heterocycles. The first-order valence-electron chi connectivity index (χ1n) is 10.8. The van der Waals surface area contributed by atoms with Crippen molar-refractivity contribution in [2.75, 3.05) is 43.4 Å². The molecule has 2 aromatic rings. The summed E-state index contributed by atoms with van der Waals surface area (Å²) in [6.07, 6.45) is 2.35. The van der Waals surface area contributed by atoms with Gasteiger partial charge < -0.3 is 14.5 Å². The normalized spacial score (nSPS) is 18.9. The molecule has 2 aliphatic rings. The predicted octanol–water partition coefficient (Wildman–Crippen LogP) is 2.92. The number of nitrogens with zero attached hydrogens (tertiary/aromatic N) is 5. The number of thioether (sulfide) groups is 1. The van der Waals surface area contributed by atoms with Crippen molar-refractivity contribution in [3.05, 3.63) is 48.3 Å². The SMILES string of the molecule is CC(C)COc1cc(N2CCN(C(=O)C3CSC(Cc4ccccc4)=N3)CC2)ncn1. The monoisotopic (exact) mass is 439 g/mol. The zero-order valence-electron chi connectivity index (χ0n) is 18.1. The predicted molar refractivity (Wildman–Crippen MR) is 125 cm³/mol. The average molecular weight is 440 g/mol. The van der Waals surface area contributed by atoms with Crippen LogP contribution in [-0.4, -0.2) is 70.4 Å². The van der Waals surface area contributed by atoms with Gasteiger partial charge in [-0.05, 0) is 11.5 Å². The molecule has 0 radical (unpaired) electrons. The van der Waals surface area contributed by atoms with E-state index < -0.39 is 0 Å². The van der Waals surface area contributed by atoms with E-state index in [0.717, 1.165) is 36.1 Å². The van der Waals surface area contributed by atoms with Crippen LogP contribution in [0.2, 0.25) is 0 Å². The number of benzene rings is 1. The van der Waals surface area contributed by atoms with Crippen molar-refractivity contribution < 1.29 is 9.53 Å². The highest BCUT2D eigenvalue weighted by atomic mass is 32.2. The van der Waals surface area contributed by atoms with Crippen LogP contribution in [0.25, 0.3) is 0 Å². The fraction of sp³-hybridized carbons (Fsp3) is 0.478. The Hall–Kier alpha value is -2.61. The van der Waals surface area contributed by atoms with Crippen LogP contribution in [0, 0.1) is 5.92 Å². The van der Waals surface area contributed by atoms with Crippen molar-refractivity contribution >= 4 is 28.5 Å². The first kappa shape index (κ1) is 21.6. The summed E-state index contributed by atoms with van der Waals surface area (Å²) in [5.74, 6) is 2.77. The first-order valence-corrected chi connectivity index (χ1v) is 11.8. The first-order chi connectivity index (χ1) is 15.1. The second-order valence-electron chi connectivity index (χ2n) is 8.24. The minimum Gasteiger partial charge on any atom is -0.477 e. The number of aliphatic imine (C=N–C) groups is 1. The van der Waals surface area contributed by atoms with Gasteiger partial charge in [0.1, 0.15) is 18.2 Å². The molecule has 1 amide bonds. The Labute approximate surface area is 187 Å². The second-order valence-corrected chi connectivity index (χ2v) is 9.34. The Morgan fingerprint density at radius 3 is 2.68 bits per heavy atom. The van der Waals surface area contributed by atoms with E-state index in [4.69, 9.17) is 9.73 Å². The summed E-state index contributed by atoms with van der Waals surface area (Å²) in [7, 11) is 0. The number of aromatic nitrogens is 2. The molecule has 0 spiro atoms. The molecule has 1 aromatic carbocycles. The Kier molecular flexibility index (Phi) is 7.06. The highest BCUT2D eigenvalue weighted by molar-refractivity contribution is 8.14. The summed E-state index contributed by atoms with van der Waals surface area (Å²) in [5, 5.41) is 1.05. The van der Waals surface area contributed by atoms with Crippen molar-refractivity contribution in [1.29, 1.82) is 0 Å². The van der Waals surface area contributed by atoms with Crippen molar-refractivity contribution in [3.63, 3.8) is 0 Å². The van der Waals surface area contributed by atoms with Crippen LogP contribution >= 0.6 is 11.8 Å². The summed E-state index contributed by atoms with van der Waals surface area (Å²) in [6.45, 7) is 7.68. The second kappa shape index (κ2) is 10.1. The van der Waals surface area contributed by atoms with Gasteiger partial charge in [-0.2, -0.15) is 0 Å². The van der Waals surface area contributed by atoms with E-state index >= 15 is 0 Å². The van der Waals surface area contributed by atoms with E-state index in [2.05, 4.69) is 40.8 Å². The van der Waals surface area contributed by atoms with Crippen molar-refractivity contribution in [1.82, 2.24) is 14.9 Å². The molecule has 1 atom stereocenters. The highest BCUT2D eigenvalue weighted by Crippen LogP contribution is 2.24. The van der Waals surface area contributed by atoms with Crippen LogP contribution in [0.4, 0.5) is 5.82 Å². The summed E-state index contributed by atoms with van der Waals surface area (Å²) >= 11 is 1.70. The van der Waals surface area contributed by atoms with Crippen LogP contribution in [0.5, 0.6) is 5.88 Å². The van der Waals surface area contributed by atoms with Crippen LogP contribution < -0.4 is 9.64 Å². The molecule has 1 fully saturated rings. The van der Waals surface area contributed by atoms with E-state index in [1.54, 1.807) is 18.1 Å². The number of hydrogen-bond acceptors (Lipinski definition) is 7. The largest absolute Gasteiger partial charge is 0.477 e. The number of ether oxygens (including phenoxy) is 1. The van der Waals surface area contributed by atoms with E-state index in [0.29, 0.717) is 31.5 Å². The smallest absolute Gasteiger partial charge is 0.248 e. The van der Waals surface area contributed by atoms with Crippen LogP contribution in [0.3, 0.4) is 0 Å². The van der Waals surface area contributed by atoms with Gasteiger partial charge in [0.25, 0.3) is 0 Å². The van der Waals surface area contributed by atoms with Gasteiger partial charge in [-0.3, -0.25) is 9.79 Å². The zero-order valence-corrected chi connectivity index (χ0v) is 18.9. The quantitative estimate of drug-likeness (QED) is 0.661. The van der Waals surface area contributed by atoms with E-state index in [1.165, 1.54) is 5.56 Å². The van der Waals surface area contributed by atoms with E-state index in [9.17, 15) is 4.79 Å². The molecule has 0 N–H and O–H groups in total. The fourth-order valence-corrected chi connectivity index (χ4v) is 4.66. The standard InChI is InChI=1S/C23H29N5O2S/c1-17(2)14-30-21-13-20(24-16-25-21)27-8-10-28(11-9-27)23(29)19-15-31-22(26-19)12-18-6-4-3-5-7-18/h3-7,13,16-17,19H,8-12,14-15H2,1-2H3. The van der Waals surface area contributed by atoms with Gasteiger partial charge in [-0.1, -0.05) is 44.2 Å². The molecular weight excluding hydrogens is 410 g/mol. The lowest BCUT2D eigenvalue weighted by Crippen LogP contribution is -2.51. The fourth-order valence-electron chi connectivity index (χ4n) is 3.62. The van der Waals surface area contributed by atoms with Gasteiger partial charge in [0.05, 0.1) is 11.7 Å². The lowest BCUT2D eigenvalue weighted by molar-refractivity contribution is -0.132. The molecule has 2 aliphatic heterocycles. The number of anilines is 1. The molecule has 8 heteroatoms. The van der Waals surface area contributed by atoms with Gasteiger partial charge in [0.2, 0.25) is 11.8 Å². The Balaban J connectivity index is 1.30. The van der Waals surface area contributed by atoms with Crippen LogP contribution in [-0.2, 0) is 11.2 Å². The number of hydrogen-bond donors (Lipinski definition) is 0. The zero-order chi connectivity index (χ0) is 21.6. The van der Waals surface area contributed by atoms with Crippen molar-refractivity contribution in [2.45, 2.75) is 26.3 Å². The van der Waals surface area contributed by atoms with E-state index in [-0.39, 0.29) is 11.9 Å². The lowest BCUT2D eigenvalue weighted by Gasteiger charge is -2.36. The molecule has 0 saturated carbocycles. The molecule has 3 heterocycles. The number of carbonyl (C=O) groups excluding carboxylic acids is 1. The van der Waals surface area contributed by atoms with Gasteiger partial charge in [0.15, 0.2) is 0 Å². The summed E-state index contributed by atoms with van der Waals surface area (Å²) < 4.78 is 5.72. The molecule has 4 rings (SSSR count). The van der Waals surface area contributed by atoms with Gasteiger partial charge >= 0.3 is 0 Å². The Bertz CT molecular complexity index is 913.